The molecule has 6 nitrogen and oxygen atoms in total. The van der Waals surface area contributed by atoms with Gasteiger partial charge in [-0.15, -0.1) is 5.10 Å². The first-order valence-corrected chi connectivity index (χ1v) is 6.54. The van der Waals surface area contributed by atoms with Gasteiger partial charge in [0.25, 0.3) is 5.69 Å². The molecule has 1 unspecified atom stereocenters. The van der Waals surface area contributed by atoms with E-state index in [1.54, 1.807) is 6.92 Å². The Hall–Kier alpha value is -1.97. The molecule has 0 fully saturated rings. The summed E-state index contributed by atoms with van der Waals surface area (Å²) in [5.41, 5.74) is -1.36. The second kappa shape index (κ2) is 5.43. The third kappa shape index (κ3) is 3.20. The summed E-state index contributed by atoms with van der Waals surface area (Å²) in [5.74, 6) is 0. The van der Waals surface area contributed by atoms with Crippen LogP contribution in [0, 0.1) is 10.1 Å². The van der Waals surface area contributed by atoms with Crippen molar-refractivity contribution in [3.63, 3.8) is 0 Å². The summed E-state index contributed by atoms with van der Waals surface area (Å²) in [6, 6.07) is 2.24. The van der Waals surface area contributed by atoms with Crippen LogP contribution in [0.5, 0.6) is 0 Å². The molecule has 0 aliphatic carbocycles. The van der Waals surface area contributed by atoms with Crippen molar-refractivity contribution in [3.05, 3.63) is 45.8 Å². The predicted octanol–water partition coefficient (Wildman–Crippen LogP) is 3.65. The zero-order valence-electron chi connectivity index (χ0n) is 10.5. The van der Waals surface area contributed by atoms with Crippen molar-refractivity contribution in [3.8, 4) is 5.69 Å². The molecule has 2 aromatic rings. The van der Waals surface area contributed by atoms with Crippen LogP contribution in [0.2, 0.25) is 0 Å². The molecule has 0 aliphatic rings. The van der Waals surface area contributed by atoms with Crippen LogP contribution in [-0.2, 0) is 6.18 Å². The van der Waals surface area contributed by atoms with Crippen LogP contribution < -0.4 is 0 Å². The Morgan fingerprint density at radius 1 is 1.43 bits per heavy atom. The quantitative estimate of drug-likeness (QED) is 0.473. The van der Waals surface area contributed by atoms with Crippen molar-refractivity contribution in [2.45, 2.75) is 17.9 Å². The molecule has 0 saturated heterocycles. The Balaban J connectivity index is 2.55. The maximum Gasteiger partial charge on any atom is 0.416 e. The first-order chi connectivity index (χ1) is 9.70. The van der Waals surface area contributed by atoms with E-state index in [9.17, 15) is 23.3 Å². The van der Waals surface area contributed by atoms with Crippen LogP contribution in [0.15, 0.2) is 24.4 Å². The van der Waals surface area contributed by atoms with Gasteiger partial charge in [0.1, 0.15) is 5.69 Å². The molecule has 0 spiro atoms. The van der Waals surface area contributed by atoms with Crippen LogP contribution in [0.4, 0.5) is 18.9 Å². The lowest BCUT2D eigenvalue weighted by Gasteiger charge is -2.08. The predicted molar refractivity (Wildman–Crippen MR) is 70.4 cm³/mol. The standard InChI is InChI=1S/C11H8BrF3N4O2/c1-6(12)8-5-18(17-16-8)9-3-2-7(11(13,14)15)4-10(9)19(20)21/h2-6H,1H3. The number of hydrogen-bond acceptors (Lipinski definition) is 4. The average molecular weight is 365 g/mol. The largest absolute Gasteiger partial charge is 0.416 e. The summed E-state index contributed by atoms with van der Waals surface area (Å²) in [7, 11) is 0. The number of halogens is 4. The Kier molecular flexibility index (Phi) is 3.99. The SMILES string of the molecule is CC(Br)c1cn(-c2ccc(C(F)(F)F)cc2[N+](=O)[O-])nn1. The van der Waals surface area contributed by atoms with Crippen LogP contribution in [-0.4, -0.2) is 19.9 Å². The van der Waals surface area contributed by atoms with Gasteiger partial charge >= 0.3 is 6.18 Å². The van der Waals surface area contributed by atoms with Crippen molar-refractivity contribution >= 4 is 21.6 Å². The fourth-order valence-electron chi connectivity index (χ4n) is 1.62. The van der Waals surface area contributed by atoms with Crippen LogP contribution in [0.25, 0.3) is 5.69 Å². The lowest BCUT2D eigenvalue weighted by atomic mass is 10.1. The minimum atomic E-state index is -4.65. The van der Waals surface area contributed by atoms with E-state index < -0.39 is 22.4 Å². The Labute approximate surface area is 124 Å². The zero-order chi connectivity index (χ0) is 15.8. The average Bonchev–Trinajstić information content (AvgIpc) is 2.86. The third-order valence-corrected chi connectivity index (χ3v) is 3.13. The highest BCUT2D eigenvalue weighted by Crippen LogP contribution is 2.34. The van der Waals surface area contributed by atoms with E-state index in [4.69, 9.17) is 0 Å². The van der Waals surface area contributed by atoms with Gasteiger partial charge < -0.3 is 0 Å². The molecule has 21 heavy (non-hydrogen) atoms. The fraction of sp³-hybridized carbons (Fsp3) is 0.273. The van der Waals surface area contributed by atoms with E-state index in [0.29, 0.717) is 11.8 Å². The number of benzene rings is 1. The van der Waals surface area contributed by atoms with Crippen molar-refractivity contribution in [2.75, 3.05) is 0 Å². The highest BCUT2D eigenvalue weighted by Gasteiger charge is 2.33. The van der Waals surface area contributed by atoms with Gasteiger partial charge in [-0.3, -0.25) is 10.1 Å². The molecule has 1 aromatic carbocycles. The Bertz CT molecular complexity index is 684. The summed E-state index contributed by atoms with van der Waals surface area (Å²) in [4.78, 5) is 9.96. The van der Waals surface area contributed by atoms with E-state index >= 15 is 0 Å². The number of nitro benzene ring substituents is 1. The summed E-state index contributed by atoms with van der Waals surface area (Å²) < 4.78 is 38.9. The number of hydrogen-bond donors (Lipinski definition) is 0. The van der Waals surface area contributed by atoms with Gasteiger partial charge in [-0.2, -0.15) is 13.2 Å². The monoisotopic (exact) mass is 364 g/mol. The van der Waals surface area contributed by atoms with Gasteiger partial charge in [0.2, 0.25) is 0 Å². The maximum atomic E-state index is 12.6. The summed E-state index contributed by atoms with van der Waals surface area (Å²) in [6.45, 7) is 1.77. The summed E-state index contributed by atoms with van der Waals surface area (Å²) >= 11 is 3.26. The van der Waals surface area contributed by atoms with Gasteiger partial charge in [-0.05, 0) is 19.1 Å². The third-order valence-electron chi connectivity index (χ3n) is 2.66. The molecule has 0 radical (unpaired) electrons. The van der Waals surface area contributed by atoms with E-state index in [0.717, 1.165) is 16.8 Å². The topological polar surface area (TPSA) is 73.8 Å². The maximum absolute atomic E-state index is 12.6. The van der Waals surface area contributed by atoms with E-state index in [1.165, 1.54) is 6.20 Å². The fourth-order valence-corrected chi connectivity index (χ4v) is 1.83. The summed E-state index contributed by atoms with van der Waals surface area (Å²) in [5, 5.41) is 18.5. The number of aromatic nitrogens is 3. The first kappa shape index (κ1) is 15.4. The number of nitro groups is 1. The van der Waals surface area contributed by atoms with Crippen molar-refractivity contribution in [2.24, 2.45) is 0 Å². The molecule has 0 saturated carbocycles. The minimum Gasteiger partial charge on any atom is -0.258 e. The van der Waals surface area contributed by atoms with Crippen molar-refractivity contribution < 1.29 is 18.1 Å². The first-order valence-electron chi connectivity index (χ1n) is 5.62. The van der Waals surface area contributed by atoms with Crippen LogP contribution in [0.3, 0.4) is 0 Å². The second-order valence-electron chi connectivity index (χ2n) is 4.16. The molecular formula is C11H8BrF3N4O2. The molecular weight excluding hydrogens is 357 g/mol. The smallest absolute Gasteiger partial charge is 0.258 e. The van der Waals surface area contributed by atoms with Crippen LogP contribution >= 0.6 is 15.9 Å². The van der Waals surface area contributed by atoms with E-state index in [-0.39, 0.29) is 10.5 Å². The Morgan fingerprint density at radius 3 is 2.57 bits per heavy atom. The number of nitrogens with zero attached hydrogens (tertiary/aromatic N) is 4. The molecule has 112 valence electrons. The van der Waals surface area contributed by atoms with Gasteiger partial charge in [0, 0.05) is 6.07 Å². The van der Waals surface area contributed by atoms with Gasteiger partial charge in [-0.25, -0.2) is 4.68 Å². The minimum absolute atomic E-state index is 0.0834. The molecule has 0 aliphatic heterocycles. The normalized spacial score (nSPS) is 13.2. The molecule has 0 N–H and O–H groups in total. The Morgan fingerprint density at radius 2 is 2.10 bits per heavy atom. The van der Waals surface area contributed by atoms with Crippen molar-refractivity contribution in [1.82, 2.24) is 15.0 Å². The molecule has 2 rings (SSSR count). The zero-order valence-corrected chi connectivity index (χ0v) is 12.1. The number of rotatable bonds is 3. The van der Waals surface area contributed by atoms with E-state index in [1.807, 2.05) is 0 Å². The van der Waals surface area contributed by atoms with Gasteiger partial charge in [0.15, 0.2) is 0 Å². The lowest BCUT2D eigenvalue weighted by molar-refractivity contribution is -0.384. The highest BCUT2D eigenvalue weighted by molar-refractivity contribution is 9.09. The van der Waals surface area contributed by atoms with Gasteiger partial charge in [0.05, 0.1) is 27.2 Å². The lowest BCUT2D eigenvalue weighted by Crippen LogP contribution is -2.08. The molecule has 0 amide bonds. The highest BCUT2D eigenvalue weighted by atomic mass is 79.9. The molecule has 1 atom stereocenters. The summed E-state index contributed by atoms with van der Waals surface area (Å²) in [6.07, 6.45) is -3.24. The van der Waals surface area contributed by atoms with Crippen LogP contribution in [0.1, 0.15) is 23.0 Å². The number of alkyl halides is 4. The molecule has 1 heterocycles. The van der Waals surface area contributed by atoms with Crippen molar-refractivity contribution in [1.29, 1.82) is 0 Å². The second-order valence-corrected chi connectivity index (χ2v) is 5.54. The molecule has 1 aromatic heterocycles. The molecule has 10 heteroatoms. The van der Waals surface area contributed by atoms with Gasteiger partial charge in [-0.1, -0.05) is 21.1 Å². The van der Waals surface area contributed by atoms with E-state index in [2.05, 4.69) is 26.2 Å². The molecule has 0 bridgehead atoms.